The Bertz CT molecular complexity index is 1030. The van der Waals surface area contributed by atoms with Crippen molar-refractivity contribution in [1.29, 1.82) is 0 Å². The van der Waals surface area contributed by atoms with Crippen LogP contribution in [0.25, 0.3) is 11.1 Å². The first-order chi connectivity index (χ1) is 17.5. The van der Waals surface area contributed by atoms with Crippen LogP contribution in [-0.2, 0) is 9.59 Å². The van der Waals surface area contributed by atoms with Crippen molar-refractivity contribution in [2.75, 3.05) is 22.9 Å². The number of amides is 2. The van der Waals surface area contributed by atoms with Gasteiger partial charge in [0.2, 0.25) is 11.8 Å². The van der Waals surface area contributed by atoms with Crippen molar-refractivity contribution in [2.24, 2.45) is 11.8 Å². The first-order valence-corrected chi connectivity index (χ1v) is 14.1. The summed E-state index contributed by atoms with van der Waals surface area (Å²) in [6.07, 6.45) is 7.98. The standard InChI is InChI=1S/C32H42N2O2/c1-5-9-15-23(7-3)31(35)33-21-27(25-17-11-13-19-29(25)33)28-22-34(30-20-14-12-18-26(28)30)32(36)24(8-4)16-10-6-2/h11-14,17-20,23-24H,5-10,15-16,21-22H2,1-4H3. The second-order valence-electron chi connectivity index (χ2n) is 10.3. The Morgan fingerprint density at radius 1 is 0.667 bits per heavy atom. The van der Waals surface area contributed by atoms with Crippen molar-refractivity contribution in [1.82, 2.24) is 0 Å². The number of anilines is 2. The Balaban J connectivity index is 1.72. The Kier molecular flexibility index (Phi) is 8.66. The van der Waals surface area contributed by atoms with Gasteiger partial charge in [-0.1, -0.05) is 89.8 Å². The van der Waals surface area contributed by atoms with Crippen LogP contribution in [0.4, 0.5) is 11.4 Å². The molecule has 2 atom stereocenters. The zero-order valence-electron chi connectivity index (χ0n) is 22.6. The lowest BCUT2D eigenvalue weighted by Crippen LogP contribution is -2.35. The molecule has 0 aromatic heterocycles. The van der Waals surface area contributed by atoms with Gasteiger partial charge in [0.25, 0.3) is 0 Å². The number of unbranched alkanes of at least 4 members (excludes halogenated alkanes) is 2. The van der Waals surface area contributed by atoms with Gasteiger partial charge in [0.05, 0.1) is 24.5 Å². The normalized spacial score (nSPS) is 18.2. The SMILES string of the molecule is CCCCC(CC)C(=O)N1CC(=C2CN(C(=O)C(CC)CCCC)c3ccccc32)c2ccccc21. The van der Waals surface area contributed by atoms with Gasteiger partial charge in [-0.3, -0.25) is 9.59 Å². The molecule has 0 saturated carbocycles. The van der Waals surface area contributed by atoms with Crippen molar-refractivity contribution in [2.45, 2.75) is 79.1 Å². The third kappa shape index (κ3) is 5.00. The van der Waals surface area contributed by atoms with Gasteiger partial charge in [-0.15, -0.1) is 0 Å². The minimum absolute atomic E-state index is 0.0557. The summed E-state index contributed by atoms with van der Waals surface area (Å²) in [5, 5.41) is 0. The molecule has 192 valence electrons. The van der Waals surface area contributed by atoms with Crippen LogP contribution in [0.5, 0.6) is 0 Å². The van der Waals surface area contributed by atoms with Crippen molar-refractivity contribution < 1.29 is 9.59 Å². The lowest BCUT2D eigenvalue weighted by atomic mass is 9.97. The van der Waals surface area contributed by atoms with Crippen LogP contribution in [0.2, 0.25) is 0 Å². The van der Waals surface area contributed by atoms with Crippen LogP contribution < -0.4 is 9.80 Å². The molecule has 0 N–H and O–H groups in total. The summed E-state index contributed by atoms with van der Waals surface area (Å²) in [5.74, 6) is 0.581. The van der Waals surface area contributed by atoms with E-state index in [-0.39, 0.29) is 23.7 Å². The summed E-state index contributed by atoms with van der Waals surface area (Å²) in [6.45, 7) is 9.78. The number of benzene rings is 2. The molecule has 4 heteroatoms. The van der Waals surface area contributed by atoms with Crippen molar-refractivity contribution >= 4 is 34.3 Å². The van der Waals surface area contributed by atoms with Gasteiger partial charge < -0.3 is 9.80 Å². The molecule has 0 aliphatic carbocycles. The number of para-hydroxylation sites is 2. The molecule has 0 fully saturated rings. The van der Waals surface area contributed by atoms with E-state index >= 15 is 0 Å². The van der Waals surface area contributed by atoms with E-state index in [0.717, 1.165) is 73.9 Å². The van der Waals surface area contributed by atoms with Gasteiger partial charge in [-0.25, -0.2) is 0 Å². The molecule has 4 rings (SSSR count). The van der Waals surface area contributed by atoms with Gasteiger partial charge in [0.15, 0.2) is 0 Å². The smallest absolute Gasteiger partial charge is 0.230 e. The second kappa shape index (κ2) is 11.9. The van der Waals surface area contributed by atoms with Crippen molar-refractivity contribution in [3.8, 4) is 0 Å². The highest BCUT2D eigenvalue weighted by Crippen LogP contribution is 2.46. The maximum atomic E-state index is 13.7. The van der Waals surface area contributed by atoms with Crippen LogP contribution in [0.3, 0.4) is 0 Å². The maximum Gasteiger partial charge on any atom is 0.230 e. The zero-order valence-corrected chi connectivity index (χ0v) is 22.6. The largest absolute Gasteiger partial charge is 0.307 e. The molecule has 2 heterocycles. The fourth-order valence-corrected chi connectivity index (χ4v) is 5.84. The minimum Gasteiger partial charge on any atom is -0.307 e. The Morgan fingerprint density at radius 2 is 1.06 bits per heavy atom. The predicted molar refractivity (Wildman–Crippen MR) is 151 cm³/mol. The fourth-order valence-electron chi connectivity index (χ4n) is 5.84. The Labute approximate surface area is 217 Å². The first-order valence-electron chi connectivity index (χ1n) is 14.1. The van der Waals surface area contributed by atoms with Gasteiger partial charge in [-0.2, -0.15) is 0 Å². The number of carbonyl (C=O) groups excluding carboxylic acids is 2. The molecule has 0 spiro atoms. The molecular formula is C32H42N2O2. The van der Waals surface area contributed by atoms with Gasteiger partial charge in [0, 0.05) is 23.0 Å². The molecule has 2 aromatic rings. The second-order valence-corrected chi connectivity index (χ2v) is 10.3. The topological polar surface area (TPSA) is 40.6 Å². The van der Waals surface area contributed by atoms with Crippen LogP contribution in [0.1, 0.15) is 90.2 Å². The first kappa shape index (κ1) is 26.2. The molecule has 2 unspecified atom stereocenters. The monoisotopic (exact) mass is 486 g/mol. The van der Waals surface area contributed by atoms with Gasteiger partial charge >= 0.3 is 0 Å². The maximum absolute atomic E-state index is 13.7. The number of hydrogen-bond donors (Lipinski definition) is 0. The molecule has 0 saturated heterocycles. The van der Waals surface area contributed by atoms with E-state index in [1.54, 1.807) is 0 Å². The van der Waals surface area contributed by atoms with E-state index in [4.69, 9.17) is 0 Å². The molecule has 2 aromatic carbocycles. The summed E-state index contributed by atoms with van der Waals surface area (Å²) in [4.78, 5) is 31.4. The van der Waals surface area contributed by atoms with Crippen LogP contribution in [-0.4, -0.2) is 24.9 Å². The van der Waals surface area contributed by atoms with E-state index in [1.807, 2.05) is 21.9 Å². The Morgan fingerprint density at radius 3 is 1.42 bits per heavy atom. The highest BCUT2D eigenvalue weighted by molar-refractivity contribution is 6.14. The average molecular weight is 487 g/mol. The van der Waals surface area contributed by atoms with Crippen molar-refractivity contribution in [3.05, 3.63) is 59.7 Å². The zero-order chi connectivity index (χ0) is 25.7. The van der Waals surface area contributed by atoms with E-state index in [9.17, 15) is 9.59 Å². The van der Waals surface area contributed by atoms with Crippen LogP contribution in [0.15, 0.2) is 48.5 Å². The fraction of sp³-hybridized carbons (Fsp3) is 0.500. The number of nitrogens with zero attached hydrogens (tertiary/aromatic N) is 2. The number of rotatable bonds is 10. The number of fused-ring (bicyclic) bond motifs is 2. The summed E-state index contributed by atoms with van der Waals surface area (Å²) < 4.78 is 0. The third-order valence-corrected chi connectivity index (χ3v) is 8.07. The minimum atomic E-state index is 0.0557. The summed E-state index contributed by atoms with van der Waals surface area (Å²) >= 11 is 0. The van der Waals surface area contributed by atoms with Crippen molar-refractivity contribution in [3.63, 3.8) is 0 Å². The lowest BCUT2D eigenvalue weighted by molar-refractivity contribution is -0.123. The molecule has 4 nitrogen and oxygen atoms in total. The lowest BCUT2D eigenvalue weighted by Gasteiger charge is -2.23. The molecule has 2 amide bonds. The van der Waals surface area contributed by atoms with E-state index < -0.39 is 0 Å². The van der Waals surface area contributed by atoms with Crippen LogP contribution in [0, 0.1) is 11.8 Å². The molecule has 2 aliphatic rings. The van der Waals surface area contributed by atoms with Gasteiger partial charge in [0.1, 0.15) is 0 Å². The Hall–Kier alpha value is -2.88. The molecular weight excluding hydrogens is 444 g/mol. The van der Waals surface area contributed by atoms with E-state index in [1.165, 1.54) is 11.1 Å². The third-order valence-electron chi connectivity index (χ3n) is 8.07. The highest BCUT2D eigenvalue weighted by Gasteiger charge is 2.37. The molecule has 36 heavy (non-hydrogen) atoms. The van der Waals surface area contributed by atoms with Crippen LogP contribution >= 0.6 is 0 Å². The molecule has 0 bridgehead atoms. The van der Waals surface area contributed by atoms with E-state index in [2.05, 4.69) is 64.1 Å². The molecule has 2 aliphatic heterocycles. The summed E-state index contributed by atoms with van der Waals surface area (Å²) in [6, 6.07) is 16.6. The average Bonchev–Trinajstić information content (AvgIpc) is 3.48. The highest BCUT2D eigenvalue weighted by atomic mass is 16.2. The predicted octanol–water partition coefficient (Wildman–Crippen LogP) is 7.72. The quantitative estimate of drug-likeness (QED) is 0.345. The number of carbonyl (C=O) groups is 2. The number of hydrogen-bond acceptors (Lipinski definition) is 2. The molecule has 0 radical (unpaired) electrons. The summed E-state index contributed by atoms with van der Waals surface area (Å²) in [7, 11) is 0. The van der Waals surface area contributed by atoms with E-state index in [0.29, 0.717) is 13.1 Å². The van der Waals surface area contributed by atoms with Gasteiger partial charge in [-0.05, 0) is 49.0 Å². The summed E-state index contributed by atoms with van der Waals surface area (Å²) in [5.41, 5.74) is 6.66.